The predicted molar refractivity (Wildman–Crippen MR) is 49.3 cm³/mol. The highest BCUT2D eigenvalue weighted by Crippen LogP contribution is 2.16. The third-order valence-corrected chi connectivity index (χ3v) is 2.34. The molecule has 1 N–H and O–H groups in total. The average Bonchev–Trinajstić information content (AvgIpc) is 2.50. The molecule has 0 aromatic carbocycles. The minimum Gasteiger partial charge on any atom is -0.358 e. The van der Waals surface area contributed by atoms with Crippen LogP contribution in [-0.4, -0.2) is 42.8 Å². The van der Waals surface area contributed by atoms with E-state index in [1.165, 1.54) is 0 Å². The molecular formula is C9H16N2O2. The van der Waals surface area contributed by atoms with Gasteiger partial charge in [-0.05, 0) is 26.3 Å². The first-order valence-electron chi connectivity index (χ1n) is 4.60. The molecular weight excluding hydrogens is 168 g/mol. The minimum atomic E-state index is -0.0890. The summed E-state index contributed by atoms with van der Waals surface area (Å²) >= 11 is 0. The topological polar surface area (TPSA) is 49.4 Å². The van der Waals surface area contributed by atoms with Crippen LogP contribution in [-0.2, 0) is 9.59 Å². The van der Waals surface area contributed by atoms with Crippen molar-refractivity contribution in [1.82, 2.24) is 10.2 Å². The van der Waals surface area contributed by atoms with Gasteiger partial charge in [0.25, 0.3) is 0 Å². The number of hydrogen-bond acceptors (Lipinski definition) is 3. The highest BCUT2D eigenvalue weighted by Gasteiger charge is 2.30. The van der Waals surface area contributed by atoms with E-state index in [9.17, 15) is 9.59 Å². The van der Waals surface area contributed by atoms with E-state index in [0.717, 1.165) is 19.4 Å². The maximum Gasteiger partial charge on any atom is 0.237 e. The Bertz CT molecular complexity index is 216. The molecule has 1 aliphatic heterocycles. The summed E-state index contributed by atoms with van der Waals surface area (Å²) in [5, 5.41) is 2.62. The summed E-state index contributed by atoms with van der Waals surface area (Å²) in [5.41, 5.74) is 0. The fraction of sp³-hybridized carbons (Fsp3) is 0.778. The zero-order valence-electron chi connectivity index (χ0n) is 8.17. The molecule has 1 heterocycles. The van der Waals surface area contributed by atoms with Crippen LogP contribution in [0.1, 0.15) is 19.8 Å². The van der Waals surface area contributed by atoms with Gasteiger partial charge < -0.3 is 5.32 Å². The lowest BCUT2D eigenvalue weighted by Gasteiger charge is -2.21. The van der Waals surface area contributed by atoms with Gasteiger partial charge in [-0.2, -0.15) is 0 Å². The molecule has 1 rings (SSSR count). The van der Waals surface area contributed by atoms with Gasteiger partial charge in [-0.15, -0.1) is 0 Å². The van der Waals surface area contributed by atoms with E-state index in [1.807, 2.05) is 4.90 Å². The quantitative estimate of drug-likeness (QED) is 0.660. The van der Waals surface area contributed by atoms with Crippen LogP contribution in [0.3, 0.4) is 0 Å². The van der Waals surface area contributed by atoms with Crippen molar-refractivity contribution in [3.63, 3.8) is 0 Å². The SMILES string of the molecule is CNC(=O)C1CCCN1CC(C)=O. The first-order valence-corrected chi connectivity index (χ1v) is 4.60. The van der Waals surface area contributed by atoms with Gasteiger partial charge in [-0.1, -0.05) is 0 Å². The number of Topliss-reactive ketones (excluding diaryl/α,β-unsaturated/α-hetero) is 1. The Morgan fingerprint density at radius 2 is 2.23 bits per heavy atom. The van der Waals surface area contributed by atoms with Gasteiger partial charge in [-0.25, -0.2) is 0 Å². The second kappa shape index (κ2) is 4.37. The highest BCUT2D eigenvalue weighted by molar-refractivity contribution is 5.83. The molecule has 0 spiro atoms. The molecule has 0 aromatic rings. The van der Waals surface area contributed by atoms with Crippen molar-refractivity contribution < 1.29 is 9.59 Å². The summed E-state index contributed by atoms with van der Waals surface area (Å²) in [5.74, 6) is 0.148. The molecule has 0 saturated carbocycles. The fourth-order valence-corrected chi connectivity index (χ4v) is 1.76. The maximum atomic E-state index is 11.3. The van der Waals surface area contributed by atoms with Crippen molar-refractivity contribution in [2.75, 3.05) is 20.1 Å². The number of likely N-dealkylation sites (tertiary alicyclic amines) is 1. The van der Waals surface area contributed by atoms with Crippen LogP contribution >= 0.6 is 0 Å². The van der Waals surface area contributed by atoms with Crippen LogP contribution in [0, 0.1) is 0 Å². The Morgan fingerprint density at radius 3 is 2.77 bits per heavy atom. The van der Waals surface area contributed by atoms with Gasteiger partial charge in [0.15, 0.2) is 0 Å². The number of likely N-dealkylation sites (N-methyl/N-ethyl adjacent to an activating group) is 1. The molecule has 1 atom stereocenters. The summed E-state index contributed by atoms with van der Waals surface area (Å²) in [4.78, 5) is 24.2. The van der Waals surface area contributed by atoms with Gasteiger partial charge >= 0.3 is 0 Å². The molecule has 1 amide bonds. The van der Waals surface area contributed by atoms with Gasteiger partial charge in [0.1, 0.15) is 5.78 Å². The van der Waals surface area contributed by atoms with Crippen molar-refractivity contribution in [3.8, 4) is 0 Å². The molecule has 1 unspecified atom stereocenters. The van der Waals surface area contributed by atoms with Crippen LogP contribution in [0.25, 0.3) is 0 Å². The van der Waals surface area contributed by atoms with Gasteiger partial charge in [0.05, 0.1) is 12.6 Å². The summed E-state index contributed by atoms with van der Waals surface area (Å²) in [7, 11) is 1.63. The zero-order chi connectivity index (χ0) is 9.84. The molecule has 74 valence electrons. The van der Waals surface area contributed by atoms with Gasteiger partial charge in [-0.3, -0.25) is 14.5 Å². The molecule has 0 aromatic heterocycles. The van der Waals surface area contributed by atoms with Crippen molar-refractivity contribution in [1.29, 1.82) is 0 Å². The Kier molecular flexibility index (Phi) is 3.42. The summed E-state index contributed by atoms with van der Waals surface area (Å²) in [6, 6.07) is -0.0890. The van der Waals surface area contributed by atoms with E-state index in [0.29, 0.717) is 6.54 Å². The van der Waals surface area contributed by atoms with Gasteiger partial charge in [0, 0.05) is 7.05 Å². The third kappa shape index (κ3) is 2.52. The zero-order valence-corrected chi connectivity index (χ0v) is 8.17. The number of nitrogens with zero attached hydrogens (tertiary/aromatic N) is 1. The molecule has 1 aliphatic rings. The smallest absolute Gasteiger partial charge is 0.237 e. The van der Waals surface area contributed by atoms with Crippen molar-refractivity contribution in [2.45, 2.75) is 25.8 Å². The fourth-order valence-electron chi connectivity index (χ4n) is 1.76. The molecule has 0 radical (unpaired) electrons. The Balaban J connectivity index is 2.53. The molecule has 4 nitrogen and oxygen atoms in total. The van der Waals surface area contributed by atoms with Crippen molar-refractivity contribution >= 4 is 11.7 Å². The van der Waals surface area contributed by atoms with E-state index in [4.69, 9.17) is 0 Å². The van der Waals surface area contributed by atoms with E-state index in [1.54, 1.807) is 14.0 Å². The minimum absolute atomic E-state index is 0.0266. The predicted octanol–water partition coefficient (Wildman–Crippen LogP) is -0.214. The number of ketones is 1. The number of rotatable bonds is 3. The molecule has 0 aliphatic carbocycles. The number of nitrogens with one attached hydrogen (secondary N) is 1. The molecule has 0 bridgehead atoms. The highest BCUT2D eigenvalue weighted by atomic mass is 16.2. The van der Waals surface area contributed by atoms with Crippen LogP contribution in [0.5, 0.6) is 0 Å². The van der Waals surface area contributed by atoms with E-state index < -0.39 is 0 Å². The van der Waals surface area contributed by atoms with Crippen LogP contribution in [0.4, 0.5) is 0 Å². The number of hydrogen-bond donors (Lipinski definition) is 1. The van der Waals surface area contributed by atoms with Crippen molar-refractivity contribution in [3.05, 3.63) is 0 Å². The second-order valence-electron chi connectivity index (χ2n) is 3.44. The number of carbonyl (C=O) groups is 2. The van der Waals surface area contributed by atoms with E-state index in [-0.39, 0.29) is 17.7 Å². The maximum absolute atomic E-state index is 11.3. The Labute approximate surface area is 78.3 Å². The molecule has 1 saturated heterocycles. The Morgan fingerprint density at radius 1 is 1.54 bits per heavy atom. The lowest BCUT2D eigenvalue weighted by Crippen LogP contribution is -2.43. The monoisotopic (exact) mass is 184 g/mol. The van der Waals surface area contributed by atoms with E-state index in [2.05, 4.69) is 5.32 Å². The first kappa shape index (κ1) is 10.2. The van der Waals surface area contributed by atoms with E-state index >= 15 is 0 Å². The molecule has 1 fully saturated rings. The number of amides is 1. The standard InChI is InChI=1S/C9H16N2O2/c1-7(12)6-11-5-3-4-8(11)9(13)10-2/h8H,3-6H2,1-2H3,(H,10,13). The van der Waals surface area contributed by atoms with Crippen LogP contribution in [0.2, 0.25) is 0 Å². The van der Waals surface area contributed by atoms with Gasteiger partial charge in [0.2, 0.25) is 5.91 Å². The van der Waals surface area contributed by atoms with Crippen LogP contribution in [0.15, 0.2) is 0 Å². The largest absolute Gasteiger partial charge is 0.358 e. The summed E-state index contributed by atoms with van der Waals surface area (Å²) in [6.45, 7) is 2.81. The molecule has 4 heteroatoms. The summed E-state index contributed by atoms with van der Waals surface area (Å²) in [6.07, 6.45) is 1.87. The molecule has 13 heavy (non-hydrogen) atoms. The summed E-state index contributed by atoms with van der Waals surface area (Å²) < 4.78 is 0. The Hall–Kier alpha value is -0.900. The normalized spacial score (nSPS) is 23.1. The average molecular weight is 184 g/mol. The lowest BCUT2D eigenvalue weighted by atomic mass is 10.2. The lowest BCUT2D eigenvalue weighted by molar-refractivity contribution is -0.126. The first-order chi connectivity index (χ1) is 6.15. The number of carbonyl (C=O) groups excluding carboxylic acids is 2. The van der Waals surface area contributed by atoms with Crippen molar-refractivity contribution in [2.24, 2.45) is 0 Å². The third-order valence-electron chi connectivity index (χ3n) is 2.34. The second-order valence-corrected chi connectivity index (χ2v) is 3.44. The van der Waals surface area contributed by atoms with Crippen LogP contribution < -0.4 is 5.32 Å².